The Kier molecular flexibility index (Phi) is 4.83. The number of methoxy groups -OCH3 is 1. The molecule has 0 fully saturated rings. The van der Waals surface area contributed by atoms with Crippen molar-refractivity contribution in [3.63, 3.8) is 0 Å². The molecular weight excluding hydrogens is 162 g/mol. The van der Waals surface area contributed by atoms with E-state index in [0.29, 0.717) is 0 Å². The first kappa shape index (κ1) is 10.7. The number of ether oxygens (including phenoxy) is 2. The van der Waals surface area contributed by atoms with Crippen LogP contribution in [0, 0.1) is 6.92 Å². The van der Waals surface area contributed by atoms with Crippen LogP contribution >= 0.6 is 0 Å². The van der Waals surface area contributed by atoms with Crippen molar-refractivity contribution in [1.82, 2.24) is 5.32 Å². The molecule has 5 heteroatoms. The highest BCUT2D eigenvalue weighted by atomic mass is 16.5. The predicted octanol–water partition coefficient (Wildman–Crippen LogP) is 0.108. The summed E-state index contributed by atoms with van der Waals surface area (Å²) in [4.78, 5) is 21.4. The molecule has 1 N–H and O–H groups in total. The Balaban J connectivity index is 3.78. The highest BCUT2D eigenvalue weighted by Gasteiger charge is 2.16. The molecule has 0 aliphatic carbocycles. The first-order valence-electron chi connectivity index (χ1n) is 3.46. The van der Waals surface area contributed by atoms with Crippen LogP contribution < -0.4 is 5.32 Å². The predicted molar refractivity (Wildman–Crippen MR) is 41.3 cm³/mol. The molecule has 0 aliphatic heterocycles. The van der Waals surface area contributed by atoms with Gasteiger partial charge in [-0.25, -0.2) is 9.59 Å². The molecule has 0 aromatic rings. The summed E-state index contributed by atoms with van der Waals surface area (Å²) in [6.45, 7) is 5.29. The van der Waals surface area contributed by atoms with Gasteiger partial charge in [-0.05, 0) is 13.8 Å². The minimum atomic E-state index is -0.919. The smallest absolute Gasteiger partial charge is 0.407 e. The third-order valence-electron chi connectivity index (χ3n) is 1.05. The number of nitrogens with one attached hydrogen (secondary N) is 1. The van der Waals surface area contributed by atoms with Crippen molar-refractivity contribution < 1.29 is 19.1 Å². The van der Waals surface area contributed by atoms with E-state index in [9.17, 15) is 9.59 Å². The topological polar surface area (TPSA) is 64.6 Å². The molecule has 0 aromatic heterocycles. The molecule has 1 unspecified atom stereocenters. The first-order valence-corrected chi connectivity index (χ1v) is 3.46. The quantitative estimate of drug-likeness (QED) is 0.616. The van der Waals surface area contributed by atoms with E-state index >= 15 is 0 Å². The van der Waals surface area contributed by atoms with Crippen LogP contribution in [0.4, 0.5) is 4.79 Å². The van der Waals surface area contributed by atoms with Gasteiger partial charge >= 0.3 is 12.1 Å². The van der Waals surface area contributed by atoms with Crippen molar-refractivity contribution in [2.75, 3.05) is 13.7 Å². The van der Waals surface area contributed by atoms with Gasteiger partial charge in [0.05, 0.1) is 13.7 Å². The normalized spacial score (nSPS) is 11.6. The Hall–Kier alpha value is -1.26. The van der Waals surface area contributed by atoms with Crippen molar-refractivity contribution in [3.05, 3.63) is 6.92 Å². The van der Waals surface area contributed by atoms with Crippen molar-refractivity contribution >= 4 is 12.1 Å². The maximum atomic E-state index is 10.8. The number of hydrogen-bond acceptors (Lipinski definition) is 4. The van der Waals surface area contributed by atoms with Gasteiger partial charge in [-0.15, -0.1) is 0 Å². The molecule has 1 radical (unpaired) electrons. The van der Waals surface area contributed by atoms with Gasteiger partial charge in [0, 0.05) is 0 Å². The second-order valence-corrected chi connectivity index (χ2v) is 1.94. The summed E-state index contributed by atoms with van der Waals surface area (Å²) in [7, 11) is 1.20. The Morgan fingerprint density at radius 2 is 2.17 bits per heavy atom. The van der Waals surface area contributed by atoms with E-state index < -0.39 is 18.1 Å². The Bertz CT molecular complexity index is 169. The molecule has 0 spiro atoms. The second-order valence-electron chi connectivity index (χ2n) is 1.94. The zero-order chi connectivity index (χ0) is 9.56. The lowest BCUT2D eigenvalue weighted by Gasteiger charge is -2.10. The third-order valence-corrected chi connectivity index (χ3v) is 1.05. The van der Waals surface area contributed by atoms with Crippen molar-refractivity contribution in [2.24, 2.45) is 0 Å². The van der Waals surface area contributed by atoms with E-state index in [1.54, 1.807) is 6.92 Å². The van der Waals surface area contributed by atoms with E-state index in [1.807, 2.05) is 0 Å². The van der Waals surface area contributed by atoms with E-state index in [0.717, 1.165) is 0 Å². The summed E-state index contributed by atoms with van der Waals surface area (Å²) in [5.41, 5.74) is 0. The van der Waals surface area contributed by atoms with Crippen LogP contribution in [0.2, 0.25) is 0 Å². The van der Waals surface area contributed by atoms with Gasteiger partial charge in [-0.1, -0.05) is 0 Å². The second kappa shape index (κ2) is 5.40. The van der Waals surface area contributed by atoms with Crippen LogP contribution in [0.15, 0.2) is 0 Å². The molecule has 0 aliphatic rings. The molecule has 12 heavy (non-hydrogen) atoms. The molecule has 0 heterocycles. The number of alkyl carbamates (subject to hydrolysis) is 1. The van der Waals surface area contributed by atoms with E-state index in [2.05, 4.69) is 21.7 Å². The summed E-state index contributed by atoms with van der Waals surface area (Å²) in [6, 6.07) is -0.919. The van der Waals surface area contributed by atoms with Gasteiger partial charge in [0.15, 0.2) is 0 Å². The van der Waals surface area contributed by atoms with Crippen LogP contribution in [0.25, 0.3) is 0 Å². The Morgan fingerprint density at radius 1 is 1.58 bits per heavy atom. The number of rotatable bonds is 3. The van der Waals surface area contributed by atoms with Crippen molar-refractivity contribution in [3.8, 4) is 0 Å². The summed E-state index contributed by atoms with van der Waals surface area (Å²) >= 11 is 0. The maximum Gasteiger partial charge on any atom is 0.407 e. The number of carbonyl (C=O) groups excluding carboxylic acids is 2. The van der Waals surface area contributed by atoms with Gasteiger partial charge in [0.2, 0.25) is 0 Å². The van der Waals surface area contributed by atoms with Crippen molar-refractivity contribution in [1.29, 1.82) is 0 Å². The maximum absolute atomic E-state index is 10.8. The summed E-state index contributed by atoms with van der Waals surface area (Å²) < 4.78 is 8.83. The number of hydrogen-bond donors (Lipinski definition) is 1. The van der Waals surface area contributed by atoms with Crippen LogP contribution in [0.3, 0.4) is 0 Å². The fourth-order valence-electron chi connectivity index (χ4n) is 0.503. The molecular formula is C7H12NO4. The molecule has 0 saturated carbocycles. The highest BCUT2D eigenvalue weighted by molar-refractivity contribution is 5.81. The molecule has 0 rings (SSSR count). The highest BCUT2D eigenvalue weighted by Crippen LogP contribution is 1.87. The minimum Gasteiger partial charge on any atom is -0.464 e. The standard InChI is InChI=1S/C7H12NO4/c1-4-12-6(9)5(2)8-7(10)11-3/h5H,2,4H2,1,3H3,(H,8,10). The lowest BCUT2D eigenvalue weighted by molar-refractivity contribution is -0.144. The average Bonchev–Trinajstić information content (AvgIpc) is 2.04. The molecule has 5 nitrogen and oxygen atoms in total. The van der Waals surface area contributed by atoms with Crippen LogP contribution in [-0.4, -0.2) is 31.8 Å². The zero-order valence-electron chi connectivity index (χ0n) is 7.12. The molecule has 1 amide bonds. The van der Waals surface area contributed by atoms with E-state index in [4.69, 9.17) is 0 Å². The van der Waals surface area contributed by atoms with Crippen LogP contribution in [-0.2, 0) is 14.3 Å². The molecule has 1 atom stereocenters. The van der Waals surface area contributed by atoms with Gasteiger partial charge in [-0.3, -0.25) is 0 Å². The van der Waals surface area contributed by atoms with Gasteiger partial charge in [-0.2, -0.15) is 0 Å². The summed E-state index contributed by atoms with van der Waals surface area (Å²) in [5, 5.41) is 2.17. The SMILES string of the molecule is [CH2]C(NC(=O)OC)C(=O)OCC. The molecule has 0 saturated heterocycles. The average molecular weight is 174 g/mol. The number of carbonyl (C=O) groups is 2. The van der Waals surface area contributed by atoms with E-state index in [1.165, 1.54) is 7.11 Å². The Morgan fingerprint density at radius 3 is 2.58 bits per heavy atom. The minimum absolute atomic E-state index is 0.258. The lowest BCUT2D eigenvalue weighted by Crippen LogP contribution is -2.39. The van der Waals surface area contributed by atoms with Crippen LogP contribution in [0.1, 0.15) is 6.92 Å². The van der Waals surface area contributed by atoms with Gasteiger partial charge in [0.25, 0.3) is 0 Å². The summed E-state index contributed by atoms with van der Waals surface area (Å²) in [6.07, 6.45) is -0.706. The number of amides is 1. The third kappa shape index (κ3) is 3.80. The van der Waals surface area contributed by atoms with Gasteiger partial charge in [0.1, 0.15) is 6.04 Å². The lowest BCUT2D eigenvalue weighted by atomic mass is 10.3. The first-order chi connectivity index (χ1) is 5.61. The fraction of sp³-hybridized carbons (Fsp3) is 0.571. The van der Waals surface area contributed by atoms with Gasteiger partial charge < -0.3 is 14.8 Å². The molecule has 69 valence electrons. The fourth-order valence-corrected chi connectivity index (χ4v) is 0.503. The monoisotopic (exact) mass is 174 g/mol. The Labute approximate surface area is 71.0 Å². The molecule has 0 aromatic carbocycles. The largest absolute Gasteiger partial charge is 0.464 e. The van der Waals surface area contributed by atoms with Crippen LogP contribution in [0.5, 0.6) is 0 Å². The summed E-state index contributed by atoms with van der Waals surface area (Å²) in [5.74, 6) is -0.581. The zero-order valence-corrected chi connectivity index (χ0v) is 7.12. The number of esters is 1. The van der Waals surface area contributed by atoms with E-state index in [-0.39, 0.29) is 6.61 Å². The molecule has 0 bridgehead atoms. The van der Waals surface area contributed by atoms with Crippen molar-refractivity contribution in [2.45, 2.75) is 13.0 Å².